The molecule has 1 aromatic rings. The van der Waals surface area contributed by atoms with Gasteiger partial charge in [-0.05, 0) is 37.3 Å². The summed E-state index contributed by atoms with van der Waals surface area (Å²) in [7, 11) is 0. The van der Waals surface area contributed by atoms with E-state index < -0.39 is 6.17 Å². The molecule has 0 unspecified atom stereocenters. The van der Waals surface area contributed by atoms with Gasteiger partial charge in [0.15, 0.2) is 0 Å². The number of aryl methyl sites for hydroxylation is 1. The van der Waals surface area contributed by atoms with Crippen LogP contribution in [0.1, 0.15) is 31.7 Å². The van der Waals surface area contributed by atoms with Crippen molar-refractivity contribution in [1.82, 2.24) is 0 Å². The van der Waals surface area contributed by atoms with Crippen LogP contribution in [0.15, 0.2) is 24.3 Å². The van der Waals surface area contributed by atoms with E-state index >= 15 is 0 Å². The number of hydrogen-bond donors (Lipinski definition) is 1. The highest BCUT2D eigenvalue weighted by molar-refractivity contribution is 5.52. The Balaban J connectivity index is 2.09. The van der Waals surface area contributed by atoms with Crippen molar-refractivity contribution in [2.45, 2.75) is 44.8 Å². The van der Waals surface area contributed by atoms with Crippen LogP contribution in [0.5, 0.6) is 0 Å². The Morgan fingerprint density at radius 1 is 1.33 bits per heavy atom. The van der Waals surface area contributed by atoms with E-state index in [1.165, 1.54) is 5.56 Å². The monoisotopic (exact) mass is 207 g/mol. The predicted molar refractivity (Wildman–Crippen MR) is 62.0 cm³/mol. The van der Waals surface area contributed by atoms with E-state index in [0.29, 0.717) is 6.42 Å². The largest absolute Gasteiger partial charge is 0.379 e. The standard InChI is InChI=1S/C13H18FN/c1-2-10-6-3-4-8-12(10)15-13-9-5-7-11(13)14/h3-4,6,8,11,13,15H,2,5,7,9H2,1H3/t11-,13-/m1/s1. The summed E-state index contributed by atoms with van der Waals surface area (Å²) in [6.45, 7) is 2.13. The maximum absolute atomic E-state index is 13.4. The molecule has 0 heterocycles. The number of nitrogens with one attached hydrogen (secondary N) is 1. The molecular weight excluding hydrogens is 189 g/mol. The lowest BCUT2D eigenvalue weighted by molar-refractivity contribution is 0.323. The number of hydrogen-bond acceptors (Lipinski definition) is 1. The summed E-state index contributed by atoms with van der Waals surface area (Å²) in [6.07, 6.45) is 3.00. The van der Waals surface area contributed by atoms with Crippen LogP contribution in [-0.4, -0.2) is 12.2 Å². The molecule has 1 N–H and O–H groups in total. The predicted octanol–water partition coefficient (Wildman–Crippen LogP) is 3.55. The van der Waals surface area contributed by atoms with Gasteiger partial charge in [-0.3, -0.25) is 0 Å². The van der Waals surface area contributed by atoms with Gasteiger partial charge in [-0.15, -0.1) is 0 Å². The Labute approximate surface area is 90.7 Å². The van der Waals surface area contributed by atoms with Gasteiger partial charge in [0.2, 0.25) is 0 Å². The maximum Gasteiger partial charge on any atom is 0.120 e. The lowest BCUT2D eigenvalue weighted by Gasteiger charge is -2.18. The lowest BCUT2D eigenvalue weighted by atomic mass is 10.1. The minimum absolute atomic E-state index is 0.0256. The Bertz CT molecular complexity index is 324. The molecule has 2 heteroatoms. The molecule has 0 aromatic heterocycles. The molecule has 0 saturated heterocycles. The zero-order chi connectivity index (χ0) is 10.7. The van der Waals surface area contributed by atoms with Gasteiger partial charge >= 0.3 is 0 Å². The second-order valence-corrected chi connectivity index (χ2v) is 4.21. The maximum atomic E-state index is 13.4. The van der Waals surface area contributed by atoms with Crippen LogP contribution in [0, 0.1) is 0 Å². The quantitative estimate of drug-likeness (QED) is 0.799. The lowest BCUT2D eigenvalue weighted by Crippen LogP contribution is -2.25. The summed E-state index contributed by atoms with van der Waals surface area (Å²) >= 11 is 0. The molecule has 2 atom stereocenters. The van der Waals surface area contributed by atoms with E-state index in [0.717, 1.165) is 24.9 Å². The molecule has 1 aliphatic carbocycles. The molecule has 0 amide bonds. The first-order chi connectivity index (χ1) is 7.31. The van der Waals surface area contributed by atoms with Gasteiger partial charge in [0.25, 0.3) is 0 Å². The van der Waals surface area contributed by atoms with Crippen LogP contribution in [-0.2, 0) is 6.42 Å². The number of halogens is 1. The first kappa shape index (κ1) is 10.5. The van der Waals surface area contributed by atoms with Crippen molar-refractivity contribution in [2.24, 2.45) is 0 Å². The number of alkyl halides is 1. The molecule has 0 aliphatic heterocycles. The van der Waals surface area contributed by atoms with Crippen LogP contribution in [0.3, 0.4) is 0 Å². The second-order valence-electron chi connectivity index (χ2n) is 4.21. The normalized spacial score (nSPS) is 25.5. The van der Waals surface area contributed by atoms with E-state index in [1.807, 2.05) is 18.2 Å². The average Bonchev–Trinajstić information content (AvgIpc) is 2.65. The van der Waals surface area contributed by atoms with Gasteiger partial charge in [0.1, 0.15) is 6.17 Å². The van der Waals surface area contributed by atoms with Crippen molar-refractivity contribution in [2.75, 3.05) is 5.32 Å². The second kappa shape index (κ2) is 4.65. The molecule has 1 aliphatic rings. The molecule has 1 saturated carbocycles. The number of rotatable bonds is 3. The molecule has 1 fully saturated rings. The van der Waals surface area contributed by atoms with Gasteiger partial charge in [-0.1, -0.05) is 25.1 Å². The van der Waals surface area contributed by atoms with Crippen molar-refractivity contribution < 1.29 is 4.39 Å². The Morgan fingerprint density at radius 3 is 2.80 bits per heavy atom. The molecule has 1 nitrogen and oxygen atoms in total. The zero-order valence-corrected chi connectivity index (χ0v) is 9.17. The summed E-state index contributed by atoms with van der Waals surface area (Å²) in [5.74, 6) is 0. The highest BCUT2D eigenvalue weighted by Gasteiger charge is 2.26. The fourth-order valence-corrected chi connectivity index (χ4v) is 2.25. The molecule has 1 aromatic carbocycles. The molecule has 15 heavy (non-hydrogen) atoms. The van der Waals surface area contributed by atoms with E-state index in [9.17, 15) is 4.39 Å². The van der Waals surface area contributed by atoms with Crippen molar-refractivity contribution >= 4 is 5.69 Å². The van der Waals surface area contributed by atoms with Crippen molar-refractivity contribution in [3.63, 3.8) is 0 Å². The molecule has 0 spiro atoms. The fraction of sp³-hybridized carbons (Fsp3) is 0.538. The Morgan fingerprint density at radius 2 is 2.13 bits per heavy atom. The average molecular weight is 207 g/mol. The summed E-state index contributed by atoms with van der Waals surface area (Å²) in [5.41, 5.74) is 2.38. The SMILES string of the molecule is CCc1ccccc1N[C@@H]1CCC[C@H]1F. The highest BCUT2D eigenvalue weighted by Crippen LogP contribution is 2.27. The van der Waals surface area contributed by atoms with Crippen LogP contribution in [0.4, 0.5) is 10.1 Å². The van der Waals surface area contributed by atoms with Crippen LogP contribution >= 0.6 is 0 Å². The molecular formula is C13H18FN. The minimum Gasteiger partial charge on any atom is -0.379 e. The third kappa shape index (κ3) is 2.31. The molecule has 0 radical (unpaired) electrons. The zero-order valence-electron chi connectivity index (χ0n) is 9.17. The van der Waals surface area contributed by atoms with Crippen molar-refractivity contribution in [3.8, 4) is 0 Å². The number of benzene rings is 1. The van der Waals surface area contributed by atoms with Crippen molar-refractivity contribution in [1.29, 1.82) is 0 Å². The van der Waals surface area contributed by atoms with Gasteiger partial charge in [0.05, 0.1) is 6.04 Å². The van der Waals surface area contributed by atoms with Crippen LogP contribution < -0.4 is 5.32 Å². The molecule has 82 valence electrons. The third-order valence-electron chi connectivity index (χ3n) is 3.17. The van der Waals surface area contributed by atoms with Gasteiger partial charge < -0.3 is 5.32 Å². The Hall–Kier alpha value is -1.05. The van der Waals surface area contributed by atoms with Gasteiger partial charge in [0, 0.05) is 5.69 Å². The summed E-state index contributed by atoms with van der Waals surface area (Å²) in [6, 6.07) is 8.21. The summed E-state index contributed by atoms with van der Waals surface area (Å²) in [4.78, 5) is 0. The summed E-state index contributed by atoms with van der Waals surface area (Å²) < 4.78 is 13.4. The fourth-order valence-electron chi connectivity index (χ4n) is 2.25. The highest BCUT2D eigenvalue weighted by atomic mass is 19.1. The molecule has 2 rings (SSSR count). The van der Waals surface area contributed by atoms with Crippen LogP contribution in [0.2, 0.25) is 0 Å². The van der Waals surface area contributed by atoms with Crippen molar-refractivity contribution in [3.05, 3.63) is 29.8 Å². The third-order valence-corrected chi connectivity index (χ3v) is 3.17. The summed E-state index contributed by atoms with van der Waals surface area (Å²) in [5, 5.41) is 3.34. The minimum atomic E-state index is -0.671. The van der Waals surface area contributed by atoms with Crippen LogP contribution in [0.25, 0.3) is 0 Å². The number of para-hydroxylation sites is 1. The topological polar surface area (TPSA) is 12.0 Å². The van der Waals surface area contributed by atoms with E-state index in [-0.39, 0.29) is 6.04 Å². The Kier molecular flexibility index (Phi) is 3.24. The van der Waals surface area contributed by atoms with E-state index in [4.69, 9.17) is 0 Å². The number of anilines is 1. The molecule has 0 bridgehead atoms. The van der Waals surface area contributed by atoms with Gasteiger partial charge in [-0.2, -0.15) is 0 Å². The van der Waals surface area contributed by atoms with Gasteiger partial charge in [-0.25, -0.2) is 4.39 Å². The smallest absolute Gasteiger partial charge is 0.120 e. The van der Waals surface area contributed by atoms with E-state index in [2.05, 4.69) is 18.3 Å². The first-order valence-electron chi connectivity index (χ1n) is 5.79. The first-order valence-corrected chi connectivity index (χ1v) is 5.79. The van der Waals surface area contributed by atoms with E-state index in [1.54, 1.807) is 0 Å².